The molecular formula is C19H25NO4. The molecule has 1 heterocycles. The van der Waals surface area contributed by atoms with Gasteiger partial charge in [-0.15, -0.1) is 0 Å². The minimum absolute atomic E-state index is 0.198. The van der Waals surface area contributed by atoms with Crippen molar-refractivity contribution in [1.82, 2.24) is 4.90 Å². The highest BCUT2D eigenvalue weighted by Crippen LogP contribution is 2.39. The Bertz CT molecular complexity index is 651. The predicted octanol–water partition coefficient (Wildman–Crippen LogP) is 3.56. The molecular weight excluding hydrogens is 306 g/mol. The van der Waals surface area contributed by atoms with Gasteiger partial charge in [0.25, 0.3) is 5.91 Å². The zero-order chi connectivity index (χ0) is 17.7. The van der Waals surface area contributed by atoms with Crippen LogP contribution in [0.2, 0.25) is 0 Å². The van der Waals surface area contributed by atoms with Crippen LogP contribution >= 0.6 is 0 Å². The fourth-order valence-electron chi connectivity index (χ4n) is 2.94. The molecule has 0 bridgehead atoms. The van der Waals surface area contributed by atoms with Gasteiger partial charge < -0.3 is 14.7 Å². The quantitative estimate of drug-likeness (QED) is 0.791. The molecule has 0 radical (unpaired) electrons. The predicted molar refractivity (Wildman–Crippen MR) is 91.9 cm³/mol. The van der Waals surface area contributed by atoms with E-state index in [0.29, 0.717) is 18.9 Å². The van der Waals surface area contributed by atoms with Crippen LogP contribution in [0, 0.1) is 0 Å². The molecule has 1 amide bonds. The lowest BCUT2D eigenvalue weighted by molar-refractivity contribution is -0.129. The largest absolute Gasteiger partial charge is 0.503 e. The number of ketones is 1. The Kier molecular flexibility index (Phi) is 6.01. The fraction of sp³-hybridized carbons (Fsp3) is 0.474. The molecule has 5 nitrogen and oxygen atoms in total. The Labute approximate surface area is 142 Å². The van der Waals surface area contributed by atoms with Crippen molar-refractivity contribution in [2.45, 2.75) is 46.1 Å². The van der Waals surface area contributed by atoms with Gasteiger partial charge >= 0.3 is 0 Å². The summed E-state index contributed by atoms with van der Waals surface area (Å²) in [6.07, 6.45) is 1.89. The average Bonchev–Trinajstić information content (AvgIpc) is 2.85. The Balaban J connectivity index is 2.45. The SMILES string of the molecule is CCCOc1cccc(C2C(C(=O)CC)=C(O)C(=O)N2CCC)c1. The standard InChI is InChI=1S/C19H25NO4/c1-4-10-20-17(16(15(21)6-3)18(22)19(20)23)13-8-7-9-14(12-13)24-11-5-2/h7-9,12,17,22H,4-6,10-11H2,1-3H3. The molecule has 0 saturated carbocycles. The van der Waals surface area contributed by atoms with Gasteiger partial charge in [0.1, 0.15) is 5.75 Å². The molecule has 130 valence electrons. The van der Waals surface area contributed by atoms with Gasteiger partial charge in [0, 0.05) is 13.0 Å². The Morgan fingerprint density at radius 1 is 1.25 bits per heavy atom. The molecule has 0 aliphatic carbocycles. The summed E-state index contributed by atoms with van der Waals surface area (Å²) in [6, 6.07) is 6.86. The van der Waals surface area contributed by atoms with Gasteiger partial charge in [-0.25, -0.2) is 0 Å². The van der Waals surface area contributed by atoms with Crippen molar-refractivity contribution >= 4 is 11.7 Å². The van der Waals surface area contributed by atoms with E-state index < -0.39 is 17.7 Å². The monoisotopic (exact) mass is 331 g/mol. The average molecular weight is 331 g/mol. The second-order valence-corrected chi connectivity index (χ2v) is 5.86. The topological polar surface area (TPSA) is 66.8 Å². The Morgan fingerprint density at radius 3 is 2.62 bits per heavy atom. The van der Waals surface area contributed by atoms with Gasteiger partial charge in [-0.05, 0) is 30.5 Å². The maximum atomic E-state index is 12.4. The van der Waals surface area contributed by atoms with E-state index >= 15 is 0 Å². The molecule has 1 unspecified atom stereocenters. The van der Waals surface area contributed by atoms with Gasteiger partial charge in [0.2, 0.25) is 0 Å². The summed E-state index contributed by atoms with van der Waals surface area (Å²) in [5.41, 5.74) is 0.981. The summed E-state index contributed by atoms with van der Waals surface area (Å²) in [6.45, 7) is 6.80. The lowest BCUT2D eigenvalue weighted by Gasteiger charge is -2.26. The van der Waals surface area contributed by atoms with Gasteiger partial charge in [-0.3, -0.25) is 9.59 Å². The molecule has 0 saturated heterocycles. The van der Waals surface area contributed by atoms with E-state index in [-0.39, 0.29) is 17.8 Å². The number of hydrogen-bond acceptors (Lipinski definition) is 4. The number of aliphatic hydroxyl groups excluding tert-OH is 1. The van der Waals surface area contributed by atoms with Crippen LogP contribution in [0.25, 0.3) is 0 Å². The van der Waals surface area contributed by atoms with E-state index in [1.54, 1.807) is 11.8 Å². The van der Waals surface area contributed by atoms with Crippen molar-refractivity contribution < 1.29 is 19.4 Å². The second kappa shape index (κ2) is 7.99. The molecule has 1 atom stereocenters. The van der Waals surface area contributed by atoms with Crippen LogP contribution in [-0.2, 0) is 9.59 Å². The van der Waals surface area contributed by atoms with Gasteiger partial charge in [-0.2, -0.15) is 0 Å². The number of Topliss-reactive ketones (excluding diaryl/α,β-unsaturated/α-hetero) is 1. The minimum atomic E-state index is -0.546. The van der Waals surface area contributed by atoms with E-state index in [2.05, 4.69) is 0 Å². The summed E-state index contributed by atoms with van der Waals surface area (Å²) < 4.78 is 5.66. The van der Waals surface area contributed by atoms with E-state index in [4.69, 9.17) is 4.74 Å². The van der Waals surface area contributed by atoms with E-state index in [1.807, 2.05) is 38.1 Å². The molecule has 0 spiro atoms. The first-order valence-electron chi connectivity index (χ1n) is 8.55. The molecule has 1 aromatic carbocycles. The zero-order valence-corrected chi connectivity index (χ0v) is 14.5. The lowest BCUT2D eigenvalue weighted by Crippen LogP contribution is -2.31. The number of carbonyl (C=O) groups is 2. The van der Waals surface area contributed by atoms with Crippen LogP contribution < -0.4 is 4.74 Å². The third-order valence-electron chi connectivity index (χ3n) is 4.04. The van der Waals surface area contributed by atoms with Crippen molar-refractivity contribution in [3.8, 4) is 5.75 Å². The fourth-order valence-corrected chi connectivity index (χ4v) is 2.94. The normalized spacial score (nSPS) is 17.5. The number of rotatable bonds is 8. The third kappa shape index (κ3) is 3.45. The molecule has 2 rings (SSSR count). The zero-order valence-electron chi connectivity index (χ0n) is 14.5. The van der Waals surface area contributed by atoms with E-state index in [9.17, 15) is 14.7 Å². The molecule has 1 aliphatic heterocycles. The summed E-state index contributed by atoms with van der Waals surface area (Å²) in [7, 11) is 0. The van der Waals surface area contributed by atoms with Crippen molar-refractivity contribution in [1.29, 1.82) is 0 Å². The van der Waals surface area contributed by atoms with Crippen molar-refractivity contribution in [3.05, 3.63) is 41.2 Å². The van der Waals surface area contributed by atoms with Crippen LogP contribution in [0.1, 0.15) is 51.6 Å². The molecule has 1 aliphatic rings. The first kappa shape index (κ1) is 18.0. The number of hydrogen-bond donors (Lipinski definition) is 1. The van der Waals surface area contributed by atoms with Gasteiger partial charge in [0.05, 0.1) is 18.2 Å². The van der Waals surface area contributed by atoms with Gasteiger partial charge in [-0.1, -0.05) is 32.9 Å². The molecule has 0 fully saturated rings. The molecule has 1 N–H and O–H groups in total. The maximum absolute atomic E-state index is 12.4. The summed E-state index contributed by atoms with van der Waals surface area (Å²) >= 11 is 0. The number of benzene rings is 1. The van der Waals surface area contributed by atoms with Crippen LogP contribution in [0.15, 0.2) is 35.6 Å². The number of nitrogens with zero attached hydrogens (tertiary/aromatic N) is 1. The highest BCUT2D eigenvalue weighted by molar-refractivity contribution is 6.08. The van der Waals surface area contributed by atoms with Crippen LogP contribution in [0.4, 0.5) is 0 Å². The first-order valence-corrected chi connectivity index (χ1v) is 8.55. The van der Waals surface area contributed by atoms with Crippen LogP contribution in [0.3, 0.4) is 0 Å². The van der Waals surface area contributed by atoms with Crippen molar-refractivity contribution in [3.63, 3.8) is 0 Å². The van der Waals surface area contributed by atoms with Crippen LogP contribution in [-0.4, -0.2) is 34.8 Å². The molecule has 5 heteroatoms. The first-order chi connectivity index (χ1) is 11.5. The minimum Gasteiger partial charge on any atom is -0.503 e. The maximum Gasteiger partial charge on any atom is 0.290 e. The summed E-state index contributed by atoms with van der Waals surface area (Å²) in [5.74, 6) is -0.393. The summed E-state index contributed by atoms with van der Waals surface area (Å²) in [4.78, 5) is 26.3. The Morgan fingerprint density at radius 2 is 2.00 bits per heavy atom. The van der Waals surface area contributed by atoms with Crippen LogP contribution in [0.5, 0.6) is 5.75 Å². The third-order valence-corrected chi connectivity index (χ3v) is 4.04. The van der Waals surface area contributed by atoms with Crippen molar-refractivity contribution in [2.75, 3.05) is 13.2 Å². The highest BCUT2D eigenvalue weighted by atomic mass is 16.5. The number of carbonyl (C=O) groups excluding carboxylic acids is 2. The lowest BCUT2D eigenvalue weighted by atomic mass is 9.95. The van der Waals surface area contributed by atoms with E-state index in [0.717, 1.165) is 18.4 Å². The smallest absolute Gasteiger partial charge is 0.290 e. The number of aliphatic hydroxyl groups is 1. The molecule has 24 heavy (non-hydrogen) atoms. The number of ether oxygens (including phenoxy) is 1. The second-order valence-electron chi connectivity index (χ2n) is 5.86. The van der Waals surface area contributed by atoms with E-state index in [1.165, 1.54) is 0 Å². The molecule has 1 aromatic rings. The van der Waals surface area contributed by atoms with Gasteiger partial charge in [0.15, 0.2) is 11.5 Å². The van der Waals surface area contributed by atoms with Crippen molar-refractivity contribution in [2.24, 2.45) is 0 Å². The summed E-state index contributed by atoms with van der Waals surface area (Å²) in [5, 5.41) is 10.2. The Hall–Kier alpha value is -2.30. The highest BCUT2D eigenvalue weighted by Gasteiger charge is 2.42. The number of amides is 1. The molecule has 0 aromatic heterocycles.